The number of hydrogen-bond donors (Lipinski definition) is 1. The number of benzene rings is 1. The van der Waals surface area contributed by atoms with Crippen LogP contribution in [0, 0.1) is 0 Å². The van der Waals surface area contributed by atoms with Crippen LogP contribution < -0.4 is 5.32 Å². The molecule has 3 atom stereocenters. The topological polar surface area (TPSA) is 71.1 Å². The van der Waals surface area contributed by atoms with E-state index in [9.17, 15) is 22.8 Å². The van der Waals surface area contributed by atoms with Gasteiger partial charge in [0.05, 0.1) is 43.0 Å². The van der Waals surface area contributed by atoms with Crippen molar-refractivity contribution in [3.05, 3.63) is 35.4 Å². The Hall–Kier alpha value is -2.33. The Morgan fingerprint density at radius 2 is 1.90 bits per heavy atom. The third-order valence-electron chi connectivity index (χ3n) is 5.82. The zero-order valence-electron chi connectivity index (χ0n) is 16.5. The Balaban J connectivity index is 1.24. The summed E-state index contributed by atoms with van der Waals surface area (Å²) in [6, 6.07) is 4.64. The maximum absolute atomic E-state index is 12.7. The Morgan fingerprint density at radius 3 is 2.57 bits per heavy atom. The van der Waals surface area contributed by atoms with Crippen molar-refractivity contribution in [1.82, 2.24) is 15.1 Å². The molecular formula is C20H24F3N3O4. The maximum Gasteiger partial charge on any atom is 0.416 e. The van der Waals surface area contributed by atoms with Crippen LogP contribution in [0.25, 0.3) is 0 Å². The number of ether oxygens (including phenoxy) is 2. The predicted octanol–water partition coefficient (Wildman–Crippen LogP) is 2.18. The van der Waals surface area contributed by atoms with Crippen LogP contribution >= 0.6 is 0 Å². The second-order valence-corrected chi connectivity index (χ2v) is 7.97. The molecule has 3 saturated heterocycles. The smallest absolute Gasteiger partial charge is 0.367 e. The fraction of sp³-hybridized carbons (Fsp3) is 0.600. The molecule has 0 radical (unpaired) electrons. The number of carbonyl (C=O) groups is 2. The Morgan fingerprint density at radius 1 is 1.20 bits per heavy atom. The van der Waals surface area contributed by atoms with Crippen LogP contribution in [0.3, 0.4) is 0 Å². The van der Waals surface area contributed by atoms with Crippen LogP contribution in [0.5, 0.6) is 0 Å². The zero-order chi connectivity index (χ0) is 21.5. The van der Waals surface area contributed by atoms with Gasteiger partial charge in [0.1, 0.15) is 6.61 Å². The number of likely N-dealkylation sites (tertiary alicyclic amines) is 2. The summed E-state index contributed by atoms with van der Waals surface area (Å²) in [5, 5.41) is 2.87. The first-order chi connectivity index (χ1) is 14.2. The number of urea groups is 1. The van der Waals surface area contributed by atoms with Gasteiger partial charge in [-0.2, -0.15) is 13.2 Å². The molecule has 1 aromatic carbocycles. The molecule has 1 N–H and O–H groups in total. The fourth-order valence-corrected chi connectivity index (χ4v) is 4.06. The van der Waals surface area contributed by atoms with Crippen molar-refractivity contribution in [1.29, 1.82) is 0 Å². The minimum absolute atomic E-state index is 0.0520. The third kappa shape index (κ3) is 4.39. The lowest BCUT2D eigenvalue weighted by Gasteiger charge is -2.46. The minimum atomic E-state index is -4.36. The van der Waals surface area contributed by atoms with Crippen LogP contribution in [-0.4, -0.2) is 72.8 Å². The lowest BCUT2D eigenvalue weighted by Crippen LogP contribution is -2.65. The van der Waals surface area contributed by atoms with E-state index in [4.69, 9.17) is 9.47 Å². The van der Waals surface area contributed by atoms with Crippen LogP contribution in [0.15, 0.2) is 24.3 Å². The van der Waals surface area contributed by atoms with Gasteiger partial charge in [-0.25, -0.2) is 4.79 Å². The summed E-state index contributed by atoms with van der Waals surface area (Å²) in [5.41, 5.74) is -0.0370. The predicted molar refractivity (Wildman–Crippen MR) is 99.6 cm³/mol. The van der Waals surface area contributed by atoms with E-state index >= 15 is 0 Å². The lowest BCUT2D eigenvalue weighted by atomic mass is 10.0. The van der Waals surface area contributed by atoms with Crippen molar-refractivity contribution < 1.29 is 32.2 Å². The summed E-state index contributed by atoms with van der Waals surface area (Å²) < 4.78 is 49.4. The highest BCUT2D eigenvalue weighted by Crippen LogP contribution is 2.31. The van der Waals surface area contributed by atoms with Crippen molar-refractivity contribution in [3.8, 4) is 0 Å². The van der Waals surface area contributed by atoms with Crippen molar-refractivity contribution in [2.75, 3.05) is 32.8 Å². The van der Waals surface area contributed by atoms with Gasteiger partial charge in [0.15, 0.2) is 0 Å². The monoisotopic (exact) mass is 427 g/mol. The standard InChI is InChI=1S/C20H24F3N3O4/c1-12(13-2-4-14(5-3-13)20(21,22)23)30-15-8-26(9-15)19(28)25-7-6-17-16(10-25)24-18(27)11-29-17/h2-5,12,15-17H,6-11H2,1H3,(H,24,27)/t12-,16-,17+/m1/s1. The summed E-state index contributed by atoms with van der Waals surface area (Å²) >= 11 is 0. The second kappa shape index (κ2) is 8.07. The van der Waals surface area contributed by atoms with Crippen LogP contribution in [0.1, 0.15) is 30.6 Å². The molecule has 0 bridgehead atoms. The Labute approximate surface area is 172 Å². The number of nitrogens with zero attached hydrogens (tertiary/aromatic N) is 2. The number of halogens is 3. The molecule has 4 rings (SSSR count). The number of alkyl halides is 3. The van der Waals surface area contributed by atoms with Gasteiger partial charge in [0.2, 0.25) is 5.91 Å². The van der Waals surface area contributed by atoms with E-state index in [1.54, 1.807) is 16.7 Å². The maximum atomic E-state index is 12.7. The lowest BCUT2D eigenvalue weighted by molar-refractivity contribution is -0.140. The average molecular weight is 427 g/mol. The molecule has 3 aliphatic heterocycles. The fourth-order valence-electron chi connectivity index (χ4n) is 4.06. The van der Waals surface area contributed by atoms with Gasteiger partial charge in [-0.15, -0.1) is 0 Å². The van der Waals surface area contributed by atoms with Gasteiger partial charge >= 0.3 is 12.2 Å². The first-order valence-electron chi connectivity index (χ1n) is 9.98. The van der Waals surface area contributed by atoms with E-state index in [1.807, 2.05) is 0 Å². The first-order valence-corrected chi connectivity index (χ1v) is 9.98. The molecular weight excluding hydrogens is 403 g/mol. The molecule has 0 unspecified atom stereocenters. The molecule has 0 spiro atoms. The molecule has 30 heavy (non-hydrogen) atoms. The highest BCUT2D eigenvalue weighted by atomic mass is 19.4. The van der Waals surface area contributed by atoms with Crippen molar-refractivity contribution in [3.63, 3.8) is 0 Å². The SMILES string of the molecule is C[C@@H](OC1CN(C(=O)N2CC[C@@H]3OCC(=O)N[C@@H]3C2)C1)c1ccc(C(F)(F)F)cc1. The number of morpholine rings is 1. The number of amides is 3. The Bertz CT molecular complexity index is 795. The van der Waals surface area contributed by atoms with E-state index < -0.39 is 11.7 Å². The number of carbonyl (C=O) groups excluding carboxylic acids is 2. The molecule has 3 heterocycles. The molecule has 0 saturated carbocycles. The van der Waals surface area contributed by atoms with E-state index in [0.29, 0.717) is 38.2 Å². The highest BCUT2D eigenvalue weighted by molar-refractivity contribution is 5.79. The molecule has 3 aliphatic rings. The van der Waals surface area contributed by atoms with Crippen molar-refractivity contribution >= 4 is 11.9 Å². The minimum Gasteiger partial charge on any atom is -0.367 e. The van der Waals surface area contributed by atoms with E-state index in [-0.39, 0.29) is 42.9 Å². The van der Waals surface area contributed by atoms with Gasteiger partial charge in [-0.3, -0.25) is 4.79 Å². The molecule has 164 valence electrons. The summed E-state index contributed by atoms with van der Waals surface area (Å²) in [4.78, 5) is 27.6. The molecule has 0 aromatic heterocycles. The number of hydrogen-bond acceptors (Lipinski definition) is 4. The van der Waals surface area contributed by atoms with Crippen LogP contribution in [0.2, 0.25) is 0 Å². The summed E-state index contributed by atoms with van der Waals surface area (Å²) in [6.07, 6.45) is -4.28. The van der Waals surface area contributed by atoms with Gasteiger partial charge in [0, 0.05) is 13.1 Å². The van der Waals surface area contributed by atoms with Gasteiger partial charge in [0.25, 0.3) is 0 Å². The van der Waals surface area contributed by atoms with Crippen LogP contribution in [-0.2, 0) is 20.4 Å². The number of rotatable bonds is 3. The summed E-state index contributed by atoms with van der Waals surface area (Å²) in [7, 11) is 0. The van der Waals surface area contributed by atoms with E-state index in [0.717, 1.165) is 12.1 Å². The van der Waals surface area contributed by atoms with Gasteiger partial charge < -0.3 is 24.6 Å². The number of piperidine rings is 1. The molecule has 0 aliphatic carbocycles. The number of fused-ring (bicyclic) bond motifs is 1. The highest BCUT2D eigenvalue weighted by Gasteiger charge is 2.40. The van der Waals surface area contributed by atoms with Crippen molar-refractivity contribution in [2.45, 2.75) is 43.9 Å². The molecule has 3 fully saturated rings. The molecule has 10 heteroatoms. The van der Waals surface area contributed by atoms with Gasteiger partial charge in [-0.05, 0) is 31.0 Å². The largest absolute Gasteiger partial charge is 0.416 e. The van der Waals surface area contributed by atoms with Crippen molar-refractivity contribution in [2.24, 2.45) is 0 Å². The number of nitrogens with one attached hydrogen (secondary N) is 1. The summed E-state index contributed by atoms with van der Waals surface area (Å²) in [5.74, 6) is -0.166. The Kier molecular flexibility index (Phi) is 5.63. The first kappa shape index (κ1) is 20.9. The molecule has 1 aromatic rings. The van der Waals surface area contributed by atoms with Gasteiger partial charge in [-0.1, -0.05) is 12.1 Å². The van der Waals surface area contributed by atoms with Crippen LogP contribution in [0.4, 0.5) is 18.0 Å². The molecule has 7 nitrogen and oxygen atoms in total. The third-order valence-corrected chi connectivity index (χ3v) is 5.82. The normalized spacial score (nSPS) is 25.9. The van der Waals surface area contributed by atoms with E-state index in [1.165, 1.54) is 12.1 Å². The molecule has 3 amide bonds. The summed E-state index contributed by atoms with van der Waals surface area (Å²) in [6.45, 7) is 3.69. The quantitative estimate of drug-likeness (QED) is 0.803. The second-order valence-electron chi connectivity index (χ2n) is 7.97. The van der Waals surface area contributed by atoms with E-state index in [2.05, 4.69) is 5.32 Å². The average Bonchev–Trinajstić information content (AvgIpc) is 2.68. The zero-order valence-corrected chi connectivity index (χ0v) is 16.5.